The average Bonchev–Trinajstić information content (AvgIpc) is 3.50. The Morgan fingerprint density at radius 1 is 1.05 bits per heavy atom. The fourth-order valence-electron chi connectivity index (χ4n) is 4.77. The molecule has 0 aliphatic rings. The van der Waals surface area contributed by atoms with Crippen LogP contribution in [0.3, 0.4) is 0 Å². The number of aromatic nitrogens is 2. The predicted octanol–water partition coefficient (Wildman–Crippen LogP) is 5.69. The van der Waals surface area contributed by atoms with Gasteiger partial charge < -0.3 is 15.0 Å². The Morgan fingerprint density at radius 3 is 2.26 bits per heavy atom. The van der Waals surface area contributed by atoms with E-state index in [9.17, 15) is 23.5 Å². The standard InChI is InChI=1S/C31H33F2N5O3S/c1-20(21-3-7-23(32)8-4-21)26-12-11-25(17-27(26)30(39)38(34)29(31(40)41)13-16-42-2)36-28(18-37-15-14-35-19-37)22-5-9-24(33)10-6-22/h3-12,14-15,17,19-20,28-29,36H,13,16,18,34H2,1-2H3,(H,40,41)/t20?,28?,29-/m0/s1. The van der Waals surface area contributed by atoms with Crippen molar-refractivity contribution < 1.29 is 23.5 Å². The first kappa shape index (κ1) is 30.7. The van der Waals surface area contributed by atoms with Crippen molar-refractivity contribution in [2.45, 2.75) is 37.9 Å². The van der Waals surface area contributed by atoms with E-state index in [1.807, 2.05) is 30.0 Å². The van der Waals surface area contributed by atoms with Crippen molar-refractivity contribution in [1.29, 1.82) is 0 Å². The second-order valence-corrected chi connectivity index (χ2v) is 10.9. The number of imidazole rings is 1. The average molecular weight is 594 g/mol. The number of thioether (sulfide) groups is 1. The van der Waals surface area contributed by atoms with E-state index in [2.05, 4.69) is 10.3 Å². The van der Waals surface area contributed by atoms with Crippen LogP contribution in [0.5, 0.6) is 0 Å². The summed E-state index contributed by atoms with van der Waals surface area (Å²) in [6, 6.07) is 15.8. The minimum absolute atomic E-state index is 0.178. The summed E-state index contributed by atoms with van der Waals surface area (Å²) in [5.41, 5.74) is 2.98. The van der Waals surface area contributed by atoms with Gasteiger partial charge in [-0.15, -0.1) is 0 Å². The zero-order valence-electron chi connectivity index (χ0n) is 23.3. The van der Waals surface area contributed by atoms with Crippen LogP contribution < -0.4 is 11.2 Å². The van der Waals surface area contributed by atoms with Crippen molar-refractivity contribution in [1.82, 2.24) is 14.6 Å². The SMILES string of the molecule is CSCC[C@@H](C(=O)O)N(N)C(=O)c1cc(NC(Cn2ccnc2)c2ccc(F)cc2)ccc1C(C)c1ccc(F)cc1. The maximum atomic E-state index is 13.9. The lowest BCUT2D eigenvalue weighted by atomic mass is 9.88. The minimum atomic E-state index is -1.22. The van der Waals surface area contributed by atoms with E-state index in [1.165, 1.54) is 36.0 Å². The zero-order chi connectivity index (χ0) is 30.2. The number of halogens is 2. The highest BCUT2D eigenvalue weighted by molar-refractivity contribution is 7.98. The number of anilines is 1. The third kappa shape index (κ3) is 7.54. The van der Waals surface area contributed by atoms with Crippen molar-refractivity contribution >= 4 is 29.3 Å². The van der Waals surface area contributed by atoms with Crippen LogP contribution in [0.2, 0.25) is 0 Å². The van der Waals surface area contributed by atoms with Crippen LogP contribution in [0.4, 0.5) is 14.5 Å². The van der Waals surface area contributed by atoms with Gasteiger partial charge >= 0.3 is 5.97 Å². The van der Waals surface area contributed by atoms with Gasteiger partial charge in [0.15, 0.2) is 0 Å². The number of carboxylic acid groups (broad SMARTS) is 1. The lowest BCUT2D eigenvalue weighted by Gasteiger charge is -2.27. The van der Waals surface area contributed by atoms with Crippen molar-refractivity contribution in [2.24, 2.45) is 5.84 Å². The summed E-state index contributed by atoms with van der Waals surface area (Å²) in [4.78, 5) is 30.0. The highest BCUT2D eigenvalue weighted by atomic mass is 32.2. The largest absolute Gasteiger partial charge is 0.480 e. The number of amides is 1. The normalized spacial score (nSPS) is 13.3. The van der Waals surface area contributed by atoms with E-state index in [0.29, 0.717) is 23.5 Å². The van der Waals surface area contributed by atoms with Gasteiger partial charge in [-0.25, -0.2) is 24.4 Å². The summed E-state index contributed by atoms with van der Waals surface area (Å²) >= 11 is 1.46. The lowest BCUT2D eigenvalue weighted by Crippen LogP contribution is -2.50. The summed E-state index contributed by atoms with van der Waals surface area (Å²) in [6.45, 7) is 2.34. The first-order chi connectivity index (χ1) is 20.2. The maximum Gasteiger partial charge on any atom is 0.328 e. The molecule has 11 heteroatoms. The smallest absolute Gasteiger partial charge is 0.328 e. The Morgan fingerprint density at radius 2 is 1.69 bits per heavy atom. The molecule has 1 heterocycles. The molecule has 220 valence electrons. The molecule has 0 fully saturated rings. The Labute approximate surface area is 247 Å². The maximum absolute atomic E-state index is 13.9. The molecule has 0 aliphatic heterocycles. The molecule has 2 unspecified atom stereocenters. The van der Waals surface area contributed by atoms with Gasteiger partial charge in [0.2, 0.25) is 0 Å². The second-order valence-electron chi connectivity index (χ2n) is 9.93. The summed E-state index contributed by atoms with van der Waals surface area (Å²) in [6.07, 6.45) is 7.18. The number of nitrogens with two attached hydrogens (primary N) is 1. The van der Waals surface area contributed by atoms with Crippen molar-refractivity contribution in [2.75, 3.05) is 17.3 Å². The molecule has 0 saturated heterocycles. The van der Waals surface area contributed by atoms with Crippen molar-refractivity contribution in [3.05, 3.63) is 119 Å². The fourth-order valence-corrected chi connectivity index (χ4v) is 5.23. The van der Waals surface area contributed by atoms with Crippen LogP contribution in [0, 0.1) is 11.6 Å². The van der Waals surface area contributed by atoms with Gasteiger partial charge in [0.25, 0.3) is 5.91 Å². The zero-order valence-corrected chi connectivity index (χ0v) is 24.1. The number of carboxylic acids is 1. The Hall–Kier alpha value is -4.22. The molecule has 0 spiro atoms. The highest BCUT2D eigenvalue weighted by Gasteiger charge is 2.30. The van der Waals surface area contributed by atoms with Crippen LogP contribution in [0.25, 0.3) is 0 Å². The number of hydrogen-bond donors (Lipinski definition) is 3. The number of nitrogens with one attached hydrogen (secondary N) is 1. The molecule has 3 aromatic carbocycles. The number of aliphatic carboxylic acids is 1. The summed E-state index contributed by atoms with van der Waals surface area (Å²) in [7, 11) is 0. The third-order valence-corrected chi connectivity index (χ3v) is 7.78. The van der Waals surface area contributed by atoms with Gasteiger partial charge in [-0.2, -0.15) is 11.8 Å². The number of carbonyl (C=O) groups is 2. The highest BCUT2D eigenvalue weighted by Crippen LogP contribution is 2.32. The minimum Gasteiger partial charge on any atom is -0.480 e. The quantitative estimate of drug-likeness (QED) is 0.104. The van der Waals surface area contributed by atoms with Crippen LogP contribution in [-0.2, 0) is 11.3 Å². The van der Waals surface area contributed by atoms with Crippen molar-refractivity contribution in [3.8, 4) is 0 Å². The molecule has 4 rings (SSSR count). The fraction of sp³-hybridized carbons (Fsp3) is 0.258. The van der Waals surface area contributed by atoms with E-state index in [-0.39, 0.29) is 35.6 Å². The Bertz CT molecular complexity index is 1480. The van der Waals surface area contributed by atoms with Crippen molar-refractivity contribution in [3.63, 3.8) is 0 Å². The summed E-state index contributed by atoms with van der Waals surface area (Å²) in [5.74, 6) is 3.78. The van der Waals surface area contributed by atoms with E-state index in [1.54, 1.807) is 48.9 Å². The summed E-state index contributed by atoms with van der Waals surface area (Å²) in [5, 5.41) is 14.0. The number of nitrogens with zero attached hydrogens (tertiary/aromatic N) is 3. The number of carbonyl (C=O) groups excluding carboxylic acids is 1. The van der Waals surface area contributed by atoms with Crippen LogP contribution >= 0.6 is 11.8 Å². The number of hydrazine groups is 1. The number of rotatable bonds is 13. The molecule has 0 bridgehead atoms. The first-order valence-electron chi connectivity index (χ1n) is 13.3. The lowest BCUT2D eigenvalue weighted by molar-refractivity contribution is -0.142. The molecule has 1 aromatic heterocycles. The van der Waals surface area contributed by atoms with Gasteiger partial charge in [-0.05, 0) is 71.5 Å². The van der Waals surface area contributed by atoms with Crippen LogP contribution in [-0.4, -0.2) is 49.6 Å². The molecule has 3 atom stereocenters. The van der Waals surface area contributed by atoms with Gasteiger partial charge in [0.05, 0.1) is 12.4 Å². The molecule has 42 heavy (non-hydrogen) atoms. The topological polar surface area (TPSA) is 113 Å². The number of benzene rings is 3. The van der Waals surface area contributed by atoms with Crippen LogP contribution in [0.15, 0.2) is 85.5 Å². The molecular weight excluding hydrogens is 560 g/mol. The third-order valence-electron chi connectivity index (χ3n) is 7.14. The van der Waals surface area contributed by atoms with E-state index in [0.717, 1.165) is 16.1 Å². The van der Waals surface area contributed by atoms with Gasteiger partial charge in [0, 0.05) is 36.1 Å². The molecule has 0 radical (unpaired) electrons. The summed E-state index contributed by atoms with van der Waals surface area (Å²) < 4.78 is 29.2. The Balaban J connectivity index is 1.74. The molecule has 4 N–H and O–H groups in total. The van der Waals surface area contributed by atoms with E-state index in [4.69, 9.17) is 5.84 Å². The van der Waals surface area contributed by atoms with Gasteiger partial charge in [-0.3, -0.25) is 9.80 Å². The molecular formula is C31H33F2N5O3S. The molecule has 8 nitrogen and oxygen atoms in total. The second kappa shape index (κ2) is 14.1. The monoisotopic (exact) mass is 593 g/mol. The Kier molecular flexibility index (Phi) is 10.3. The number of hydrogen-bond acceptors (Lipinski definition) is 6. The molecule has 0 saturated carbocycles. The van der Waals surface area contributed by atoms with E-state index < -0.39 is 17.9 Å². The molecule has 0 aliphatic carbocycles. The van der Waals surface area contributed by atoms with Gasteiger partial charge in [-0.1, -0.05) is 37.3 Å². The first-order valence-corrected chi connectivity index (χ1v) is 14.7. The van der Waals surface area contributed by atoms with E-state index >= 15 is 0 Å². The van der Waals surface area contributed by atoms with Crippen LogP contribution in [0.1, 0.15) is 52.4 Å². The van der Waals surface area contributed by atoms with Gasteiger partial charge in [0.1, 0.15) is 17.7 Å². The molecule has 1 amide bonds. The predicted molar refractivity (Wildman–Crippen MR) is 160 cm³/mol. The molecule has 4 aromatic rings.